The Morgan fingerprint density at radius 2 is 1.85 bits per heavy atom. The number of aromatic nitrogens is 1. The number of rotatable bonds is 7. The van der Waals surface area contributed by atoms with Crippen molar-refractivity contribution in [1.82, 2.24) is 15.2 Å². The molecule has 1 atom stereocenters. The van der Waals surface area contributed by atoms with Gasteiger partial charge in [0.2, 0.25) is 5.91 Å². The highest BCUT2D eigenvalue weighted by molar-refractivity contribution is 7.18. The van der Waals surface area contributed by atoms with Gasteiger partial charge in [-0.2, -0.15) is 0 Å². The molecule has 0 saturated heterocycles. The summed E-state index contributed by atoms with van der Waals surface area (Å²) in [5.41, 5.74) is 0.927. The molecule has 6 nitrogen and oxygen atoms in total. The first-order valence-corrected chi connectivity index (χ1v) is 9.42. The minimum Gasteiger partial charge on any atom is -0.484 e. The maximum Gasteiger partial charge on any atom is 0.258 e. The molecule has 0 unspecified atom stereocenters. The van der Waals surface area contributed by atoms with E-state index in [-0.39, 0.29) is 31.0 Å². The molecule has 0 aliphatic carbocycles. The Hall–Kier alpha value is -2.93. The molecule has 0 aliphatic heterocycles. The van der Waals surface area contributed by atoms with Gasteiger partial charge in [0.25, 0.3) is 5.91 Å². The number of amides is 2. The number of thiazole rings is 1. The van der Waals surface area contributed by atoms with Crippen molar-refractivity contribution >= 4 is 33.4 Å². The van der Waals surface area contributed by atoms with Crippen LogP contribution in [-0.2, 0) is 9.59 Å². The Balaban J connectivity index is 1.50. The molecule has 140 valence electrons. The molecular formula is C20H21N3O3S. The van der Waals surface area contributed by atoms with Crippen molar-refractivity contribution < 1.29 is 14.3 Å². The second-order valence-corrected chi connectivity index (χ2v) is 7.14. The van der Waals surface area contributed by atoms with Crippen molar-refractivity contribution in [1.29, 1.82) is 0 Å². The summed E-state index contributed by atoms with van der Waals surface area (Å²) in [7, 11) is 1.71. The zero-order valence-corrected chi connectivity index (χ0v) is 16.0. The van der Waals surface area contributed by atoms with Crippen LogP contribution in [0, 0.1) is 0 Å². The van der Waals surface area contributed by atoms with Crippen LogP contribution in [0.3, 0.4) is 0 Å². The fourth-order valence-corrected chi connectivity index (χ4v) is 3.53. The topological polar surface area (TPSA) is 71.5 Å². The number of likely N-dealkylation sites (N-methyl/N-ethyl adjacent to an activating group) is 1. The van der Waals surface area contributed by atoms with E-state index in [1.807, 2.05) is 49.4 Å². The number of nitrogens with zero attached hydrogens (tertiary/aromatic N) is 2. The lowest BCUT2D eigenvalue weighted by molar-refractivity contribution is -0.133. The zero-order chi connectivity index (χ0) is 19.2. The fourth-order valence-electron chi connectivity index (χ4n) is 2.47. The summed E-state index contributed by atoms with van der Waals surface area (Å²) < 4.78 is 6.46. The lowest BCUT2D eigenvalue weighted by Crippen LogP contribution is -2.40. The van der Waals surface area contributed by atoms with Crippen molar-refractivity contribution in [2.75, 3.05) is 20.2 Å². The van der Waals surface area contributed by atoms with E-state index in [2.05, 4.69) is 10.3 Å². The van der Waals surface area contributed by atoms with Crippen LogP contribution in [0.1, 0.15) is 18.0 Å². The summed E-state index contributed by atoms with van der Waals surface area (Å²) in [4.78, 5) is 30.5. The molecule has 0 aliphatic rings. The lowest BCUT2D eigenvalue weighted by atomic mass is 10.3. The molecule has 0 saturated carbocycles. The molecule has 3 rings (SSSR count). The minimum absolute atomic E-state index is 0.0806. The van der Waals surface area contributed by atoms with Crippen LogP contribution in [0.25, 0.3) is 10.2 Å². The van der Waals surface area contributed by atoms with Gasteiger partial charge in [0.05, 0.1) is 22.8 Å². The first kappa shape index (κ1) is 18.8. The van der Waals surface area contributed by atoms with Crippen LogP contribution >= 0.6 is 11.3 Å². The Kier molecular flexibility index (Phi) is 6.03. The predicted molar refractivity (Wildman–Crippen MR) is 106 cm³/mol. The molecule has 1 aromatic heterocycles. The molecule has 0 bridgehead atoms. The Labute approximate surface area is 161 Å². The highest BCUT2D eigenvalue weighted by Gasteiger charge is 2.21. The number of hydrogen-bond donors (Lipinski definition) is 1. The van der Waals surface area contributed by atoms with E-state index >= 15 is 0 Å². The highest BCUT2D eigenvalue weighted by atomic mass is 32.1. The van der Waals surface area contributed by atoms with Crippen molar-refractivity contribution in [2.45, 2.75) is 13.0 Å². The van der Waals surface area contributed by atoms with Gasteiger partial charge in [0, 0.05) is 7.05 Å². The van der Waals surface area contributed by atoms with Gasteiger partial charge in [-0.3, -0.25) is 9.59 Å². The maximum atomic E-state index is 12.4. The van der Waals surface area contributed by atoms with Gasteiger partial charge in [0.1, 0.15) is 10.8 Å². The van der Waals surface area contributed by atoms with Crippen LogP contribution in [0.2, 0.25) is 0 Å². The molecule has 0 fully saturated rings. The van der Waals surface area contributed by atoms with Crippen molar-refractivity contribution in [2.24, 2.45) is 0 Å². The SMILES string of the molecule is C[C@@H](c1nc2ccccc2s1)N(C)C(=O)CNC(=O)COc1ccccc1. The third kappa shape index (κ3) is 4.83. The summed E-state index contributed by atoms with van der Waals surface area (Å²) in [6, 6.07) is 16.8. The van der Waals surface area contributed by atoms with Gasteiger partial charge >= 0.3 is 0 Å². The van der Waals surface area contributed by atoms with Crippen LogP contribution in [0.5, 0.6) is 5.75 Å². The van der Waals surface area contributed by atoms with Crippen LogP contribution in [0.15, 0.2) is 54.6 Å². The second kappa shape index (κ2) is 8.64. The number of fused-ring (bicyclic) bond motifs is 1. The highest BCUT2D eigenvalue weighted by Crippen LogP contribution is 2.28. The number of carbonyl (C=O) groups excluding carboxylic acids is 2. The number of nitrogens with one attached hydrogen (secondary N) is 1. The summed E-state index contributed by atoms with van der Waals surface area (Å²) in [5.74, 6) is 0.0867. The van der Waals surface area contributed by atoms with Gasteiger partial charge < -0.3 is 15.0 Å². The Bertz CT molecular complexity index is 893. The van der Waals surface area contributed by atoms with Gasteiger partial charge in [-0.15, -0.1) is 11.3 Å². The van der Waals surface area contributed by atoms with E-state index < -0.39 is 0 Å². The van der Waals surface area contributed by atoms with Crippen molar-refractivity contribution in [3.63, 3.8) is 0 Å². The molecule has 2 amide bonds. The van der Waals surface area contributed by atoms with E-state index in [1.165, 1.54) is 0 Å². The zero-order valence-electron chi connectivity index (χ0n) is 15.2. The summed E-state index contributed by atoms with van der Waals surface area (Å²) in [6.07, 6.45) is 0. The Morgan fingerprint density at radius 1 is 1.15 bits per heavy atom. The van der Waals surface area contributed by atoms with Gasteiger partial charge in [-0.25, -0.2) is 4.98 Å². The molecule has 3 aromatic rings. The smallest absolute Gasteiger partial charge is 0.258 e. The molecule has 0 radical (unpaired) electrons. The summed E-state index contributed by atoms with van der Waals surface area (Å²) >= 11 is 1.57. The third-order valence-electron chi connectivity index (χ3n) is 4.19. The maximum absolute atomic E-state index is 12.4. The molecule has 2 aromatic carbocycles. The molecule has 0 spiro atoms. The molecule has 1 heterocycles. The second-order valence-electron chi connectivity index (χ2n) is 6.08. The fraction of sp³-hybridized carbons (Fsp3) is 0.250. The van der Waals surface area contributed by atoms with Crippen LogP contribution < -0.4 is 10.1 Å². The van der Waals surface area contributed by atoms with Crippen LogP contribution in [-0.4, -0.2) is 41.9 Å². The van der Waals surface area contributed by atoms with E-state index in [4.69, 9.17) is 4.74 Å². The van der Waals surface area contributed by atoms with E-state index in [0.717, 1.165) is 15.2 Å². The van der Waals surface area contributed by atoms with Gasteiger partial charge in [-0.05, 0) is 31.2 Å². The average Bonchev–Trinajstić information content (AvgIpc) is 3.14. The van der Waals surface area contributed by atoms with E-state index in [1.54, 1.807) is 35.4 Å². The van der Waals surface area contributed by atoms with Gasteiger partial charge in [-0.1, -0.05) is 30.3 Å². The van der Waals surface area contributed by atoms with Crippen LogP contribution in [0.4, 0.5) is 0 Å². The lowest BCUT2D eigenvalue weighted by Gasteiger charge is -2.23. The number of hydrogen-bond acceptors (Lipinski definition) is 5. The number of ether oxygens (including phenoxy) is 1. The first-order valence-electron chi connectivity index (χ1n) is 8.60. The standard InChI is InChI=1S/C20H21N3O3S/c1-14(20-22-16-10-6-7-11-17(16)27-20)23(2)19(25)12-21-18(24)13-26-15-8-4-3-5-9-15/h3-11,14H,12-13H2,1-2H3,(H,21,24)/t14-/m0/s1. The van der Waals surface area contributed by atoms with Crippen molar-refractivity contribution in [3.8, 4) is 5.75 Å². The normalized spacial score (nSPS) is 11.8. The van der Waals surface area contributed by atoms with E-state index in [0.29, 0.717) is 5.75 Å². The average molecular weight is 383 g/mol. The quantitative estimate of drug-likeness (QED) is 0.681. The molecular weight excluding hydrogens is 362 g/mol. The largest absolute Gasteiger partial charge is 0.484 e. The molecule has 1 N–H and O–H groups in total. The summed E-state index contributed by atoms with van der Waals surface area (Å²) in [6.45, 7) is 1.72. The van der Waals surface area contributed by atoms with E-state index in [9.17, 15) is 9.59 Å². The molecule has 27 heavy (non-hydrogen) atoms. The third-order valence-corrected chi connectivity index (χ3v) is 5.40. The number of para-hydroxylation sites is 2. The minimum atomic E-state index is -0.340. The van der Waals surface area contributed by atoms with Gasteiger partial charge in [0.15, 0.2) is 6.61 Å². The predicted octanol–water partition coefficient (Wildman–Crippen LogP) is 3.01. The number of benzene rings is 2. The van der Waals surface area contributed by atoms with Crippen molar-refractivity contribution in [3.05, 3.63) is 59.6 Å². The number of carbonyl (C=O) groups is 2. The first-order chi connectivity index (χ1) is 13.0. The summed E-state index contributed by atoms with van der Waals surface area (Å²) in [5, 5.41) is 3.46. The monoisotopic (exact) mass is 383 g/mol. The molecule has 7 heteroatoms. The Morgan fingerprint density at radius 3 is 2.59 bits per heavy atom.